The van der Waals surface area contributed by atoms with Crippen LogP contribution in [-0.4, -0.2) is 25.8 Å². The van der Waals surface area contributed by atoms with Crippen LogP contribution < -0.4 is 5.73 Å². The summed E-state index contributed by atoms with van der Waals surface area (Å²) in [6.45, 7) is 5.48. The number of nitrogen functional groups attached to an aromatic ring is 1. The van der Waals surface area contributed by atoms with Crippen LogP contribution in [0.5, 0.6) is 0 Å². The summed E-state index contributed by atoms with van der Waals surface area (Å²) in [5, 5.41) is 0. The molecule has 0 radical (unpaired) electrons. The number of nitrogens with zero attached hydrogens (tertiary/aromatic N) is 1. The lowest BCUT2D eigenvalue weighted by atomic mass is 9.82. The van der Waals surface area contributed by atoms with Crippen molar-refractivity contribution in [2.75, 3.05) is 18.8 Å². The average Bonchev–Trinajstić information content (AvgIpc) is 2.87. The maximum atomic E-state index is 12.7. The van der Waals surface area contributed by atoms with Crippen LogP contribution in [0.25, 0.3) is 0 Å². The largest absolute Gasteiger partial charge is 0.398 e. The van der Waals surface area contributed by atoms with Gasteiger partial charge in [-0.05, 0) is 58.8 Å². The molecule has 20 heavy (non-hydrogen) atoms. The van der Waals surface area contributed by atoms with Crippen molar-refractivity contribution in [2.24, 2.45) is 5.41 Å². The lowest BCUT2D eigenvalue weighted by Crippen LogP contribution is -2.31. The fraction of sp³-hybridized carbons (Fsp3) is 0.571. The number of halogens is 1. The normalized spacial score (nSPS) is 19.4. The van der Waals surface area contributed by atoms with Crippen LogP contribution in [-0.2, 0) is 10.0 Å². The van der Waals surface area contributed by atoms with Crippen LogP contribution in [0, 0.1) is 5.41 Å². The first-order valence-electron chi connectivity index (χ1n) is 6.90. The molecule has 112 valence electrons. The lowest BCUT2D eigenvalue weighted by molar-refractivity contribution is 0.279. The van der Waals surface area contributed by atoms with Gasteiger partial charge in [0.1, 0.15) is 0 Å². The summed E-state index contributed by atoms with van der Waals surface area (Å²) in [5.41, 5.74) is 6.37. The molecule has 0 aromatic heterocycles. The summed E-state index contributed by atoms with van der Waals surface area (Å²) in [5.74, 6) is 0. The molecule has 2 rings (SSSR count). The van der Waals surface area contributed by atoms with Crippen LogP contribution in [0.15, 0.2) is 27.6 Å². The molecular formula is C14H21BrN2O2S. The Morgan fingerprint density at radius 1 is 1.35 bits per heavy atom. The maximum Gasteiger partial charge on any atom is 0.243 e. The Labute approximate surface area is 129 Å². The second-order valence-electron chi connectivity index (χ2n) is 5.48. The molecule has 1 heterocycles. The van der Waals surface area contributed by atoms with Gasteiger partial charge in [0.05, 0.1) is 4.90 Å². The molecule has 2 N–H and O–H groups in total. The van der Waals surface area contributed by atoms with Gasteiger partial charge in [-0.1, -0.05) is 13.8 Å². The summed E-state index contributed by atoms with van der Waals surface area (Å²) < 4.78 is 27.7. The molecule has 0 unspecified atom stereocenters. The van der Waals surface area contributed by atoms with Crippen molar-refractivity contribution in [2.45, 2.75) is 38.0 Å². The summed E-state index contributed by atoms with van der Waals surface area (Å²) in [4.78, 5) is 0.279. The Bertz CT molecular complexity index is 597. The maximum absolute atomic E-state index is 12.7. The Kier molecular flexibility index (Phi) is 4.47. The van der Waals surface area contributed by atoms with Crippen molar-refractivity contribution >= 4 is 31.6 Å². The second-order valence-corrected chi connectivity index (χ2v) is 8.27. The molecular weight excluding hydrogens is 340 g/mol. The molecule has 1 aliphatic heterocycles. The third-order valence-corrected chi connectivity index (χ3v) is 7.07. The molecule has 0 atom stereocenters. The number of nitrogens with two attached hydrogens (primary N) is 1. The molecule has 0 bridgehead atoms. The van der Waals surface area contributed by atoms with Gasteiger partial charge in [-0.2, -0.15) is 4.31 Å². The van der Waals surface area contributed by atoms with E-state index in [4.69, 9.17) is 5.73 Å². The third kappa shape index (κ3) is 2.73. The number of anilines is 1. The minimum atomic E-state index is -3.44. The van der Waals surface area contributed by atoms with E-state index in [2.05, 4.69) is 29.8 Å². The second kappa shape index (κ2) is 5.66. The standard InChI is InChI=1S/C14H21BrN2O2S/c1-3-14(4-2)7-8-17(10-14)20(18,19)11-5-6-12(15)13(16)9-11/h5-6,9H,3-4,7-8,10,16H2,1-2H3. The van der Waals surface area contributed by atoms with E-state index >= 15 is 0 Å². The third-order valence-electron chi connectivity index (χ3n) is 4.51. The Morgan fingerprint density at radius 3 is 2.50 bits per heavy atom. The Hall–Kier alpha value is -0.590. The summed E-state index contributed by atoms with van der Waals surface area (Å²) in [7, 11) is -3.44. The molecule has 0 saturated carbocycles. The van der Waals surface area contributed by atoms with Crippen LogP contribution in [0.4, 0.5) is 5.69 Å². The predicted octanol–water partition coefficient (Wildman–Crippen LogP) is 3.23. The number of benzene rings is 1. The highest BCUT2D eigenvalue weighted by Gasteiger charge is 2.40. The number of hydrogen-bond donors (Lipinski definition) is 1. The molecule has 0 amide bonds. The van der Waals surface area contributed by atoms with Crippen molar-refractivity contribution in [3.8, 4) is 0 Å². The predicted molar refractivity (Wildman–Crippen MR) is 84.9 cm³/mol. The molecule has 1 aromatic rings. The van der Waals surface area contributed by atoms with E-state index in [1.54, 1.807) is 16.4 Å². The van der Waals surface area contributed by atoms with E-state index in [9.17, 15) is 8.42 Å². The van der Waals surface area contributed by atoms with E-state index in [0.717, 1.165) is 19.3 Å². The van der Waals surface area contributed by atoms with Crippen LogP contribution in [0.1, 0.15) is 33.1 Å². The van der Waals surface area contributed by atoms with Crippen LogP contribution in [0.2, 0.25) is 0 Å². The van der Waals surface area contributed by atoms with E-state index in [0.29, 0.717) is 23.2 Å². The van der Waals surface area contributed by atoms with Crippen molar-refractivity contribution in [1.82, 2.24) is 4.31 Å². The van der Waals surface area contributed by atoms with Gasteiger partial charge in [0, 0.05) is 23.2 Å². The van der Waals surface area contributed by atoms with Crippen molar-refractivity contribution in [3.05, 3.63) is 22.7 Å². The highest BCUT2D eigenvalue weighted by Crippen LogP contribution is 2.39. The van der Waals surface area contributed by atoms with Crippen LogP contribution >= 0.6 is 15.9 Å². The lowest BCUT2D eigenvalue weighted by Gasteiger charge is -2.26. The van der Waals surface area contributed by atoms with E-state index < -0.39 is 10.0 Å². The molecule has 4 nitrogen and oxygen atoms in total. The summed E-state index contributed by atoms with van der Waals surface area (Å²) >= 11 is 3.29. The van der Waals surface area contributed by atoms with E-state index in [1.165, 1.54) is 6.07 Å². The minimum Gasteiger partial charge on any atom is -0.398 e. The van der Waals surface area contributed by atoms with Gasteiger partial charge in [-0.3, -0.25) is 0 Å². The molecule has 0 aliphatic carbocycles. The Balaban J connectivity index is 2.30. The highest BCUT2D eigenvalue weighted by molar-refractivity contribution is 9.10. The van der Waals surface area contributed by atoms with Gasteiger partial charge in [0.15, 0.2) is 0 Å². The molecule has 1 fully saturated rings. The van der Waals surface area contributed by atoms with Gasteiger partial charge in [-0.15, -0.1) is 0 Å². The minimum absolute atomic E-state index is 0.133. The van der Waals surface area contributed by atoms with Crippen molar-refractivity contribution < 1.29 is 8.42 Å². The number of rotatable bonds is 4. The SMILES string of the molecule is CCC1(CC)CCN(S(=O)(=O)c2ccc(Br)c(N)c2)C1. The first-order valence-corrected chi connectivity index (χ1v) is 9.13. The smallest absolute Gasteiger partial charge is 0.243 e. The van der Waals surface area contributed by atoms with Gasteiger partial charge in [-0.25, -0.2) is 8.42 Å². The Morgan fingerprint density at radius 2 is 2.00 bits per heavy atom. The van der Waals surface area contributed by atoms with Crippen molar-refractivity contribution in [1.29, 1.82) is 0 Å². The zero-order valence-electron chi connectivity index (χ0n) is 11.9. The van der Waals surface area contributed by atoms with Gasteiger partial charge in [0.2, 0.25) is 10.0 Å². The molecule has 1 aliphatic rings. The first-order chi connectivity index (χ1) is 9.34. The first kappa shape index (κ1) is 15.8. The van der Waals surface area contributed by atoms with Gasteiger partial charge >= 0.3 is 0 Å². The zero-order chi connectivity index (χ0) is 15.0. The van der Waals surface area contributed by atoms with Crippen LogP contribution in [0.3, 0.4) is 0 Å². The fourth-order valence-electron chi connectivity index (χ4n) is 2.76. The van der Waals surface area contributed by atoms with Gasteiger partial charge < -0.3 is 5.73 Å². The summed E-state index contributed by atoms with van der Waals surface area (Å²) in [6.07, 6.45) is 2.96. The number of hydrogen-bond acceptors (Lipinski definition) is 3. The molecule has 1 aromatic carbocycles. The topological polar surface area (TPSA) is 63.4 Å². The number of sulfonamides is 1. The molecule has 0 spiro atoms. The van der Waals surface area contributed by atoms with E-state index in [-0.39, 0.29) is 10.3 Å². The fourth-order valence-corrected chi connectivity index (χ4v) is 4.59. The van der Waals surface area contributed by atoms with Crippen molar-refractivity contribution in [3.63, 3.8) is 0 Å². The quantitative estimate of drug-likeness (QED) is 0.838. The van der Waals surface area contributed by atoms with Gasteiger partial charge in [0.25, 0.3) is 0 Å². The monoisotopic (exact) mass is 360 g/mol. The zero-order valence-corrected chi connectivity index (χ0v) is 14.3. The highest BCUT2D eigenvalue weighted by atomic mass is 79.9. The van der Waals surface area contributed by atoms with E-state index in [1.807, 2.05) is 0 Å². The molecule has 6 heteroatoms. The molecule has 1 saturated heterocycles. The summed E-state index contributed by atoms with van der Waals surface area (Å²) in [6, 6.07) is 4.82. The average molecular weight is 361 g/mol.